The molecule has 2 aliphatic heterocycles. The van der Waals surface area contributed by atoms with Crippen LogP contribution in [0.2, 0.25) is 0 Å². The molecule has 2 saturated heterocycles. The summed E-state index contributed by atoms with van der Waals surface area (Å²) in [6.45, 7) is 4.69. The Morgan fingerprint density at radius 3 is 2.52 bits per heavy atom. The lowest BCUT2D eigenvalue weighted by atomic mass is 9.97. The van der Waals surface area contributed by atoms with Gasteiger partial charge in [0.15, 0.2) is 0 Å². The van der Waals surface area contributed by atoms with Crippen LogP contribution in [-0.2, 0) is 19.2 Å². The van der Waals surface area contributed by atoms with Gasteiger partial charge in [-0.3, -0.25) is 19.2 Å². The summed E-state index contributed by atoms with van der Waals surface area (Å²) < 4.78 is 0. The van der Waals surface area contributed by atoms with Gasteiger partial charge in [-0.1, -0.05) is 0 Å². The lowest BCUT2D eigenvalue weighted by Crippen LogP contribution is -2.57. The fraction of sp³-hybridized carbons (Fsp3) is 0.750. The highest BCUT2D eigenvalue weighted by atomic mass is 16.2. The number of hydrogen-bond acceptors (Lipinski definition) is 5. The Hall–Kier alpha value is -2.16. The molecular weight excluding hydrogens is 326 g/mol. The fourth-order valence-corrected chi connectivity index (χ4v) is 3.19. The molecule has 0 aromatic heterocycles. The van der Waals surface area contributed by atoms with Crippen molar-refractivity contribution in [2.75, 3.05) is 52.4 Å². The zero-order chi connectivity index (χ0) is 18.4. The number of piperidine rings is 1. The molecule has 0 aromatic carbocycles. The maximum absolute atomic E-state index is 12.5. The summed E-state index contributed by atoms with van der Waals surface area (Å²) >= 11 is 0. The highest BCUT2D eigenvalue weighted by molar-refractivity contribution is 6.35. The smallest absolute Gasteiger partial charge is 0.312 e. The molecule has 9 nitrogen and oxygen atoms in total. The van der Waals surface area contributed by atoms with Crippen molar-refractivity contribution in [1.29, 1.82) is 0 Å². The van der Waals surface area contributed by atoms with Crippen LogP contribution in [0.15, 0.2) is 0 Å². The number of carbonyl (C=O) groups is 4. The number of nitrogens with one attached hydrogen (secondary N) is 1. The van der Waals surface area contributed by atoms with Crippen LogP contribution in [0, 0.1) is 5.92 Å². The first-order valence-electron chi connectivity index (χ1n) is 8.81. The van der Waals surface area contributed by atoms with E-state index in [-0.39, 0.29) is 24.3 Å². The van der Waals surface area contributed by atoms with E-state index in [2.05, 4.69) is 5.32 Å². The molecule has 0 radical (unpaired) electrons. The van der Waals surface area contributed by atoms with Gasteiger partial charge in [0.1, 0.15) is 6.54 Å². The molecule has 0 saturated carbocycles. The van der Waals surface area contributed by atoms with E-state index in [0.717, 1.165) is 12.8 Å². The molecule has 0 bridgehead atoms. The third kappa shape index (κ3) is 4.68. The molecule has 25 heavy (non-hydrogen) atoms. The number of likely N-dealkylation sites (N-methyl/N-ethyl adjacent to an activating group) is 1. The van der Waals surface area contributed by atoms with Gasteiger partial charge in [-0.25, -0.2) is 0 Å². The van der Waals surface area contributed by atoms with Crippen molar-refractivity contribution >= 4 is 23.6 Å². The number of likely N-dealkylation sites (tertiary alicyclic amines) is 1. The van der Waals surface area contributed by atoms with Crippen molar-refractivity contribution in [2.45, 2.75) is 19.8 Å². The minimum Gasteiger partial charge on any atom is -0.355 e. The van der Waals surface area contributed by atoms with Gasteiger partial charge in [0.2, 0.25) is 11.8 Å². The van der Waals surface area contributed by atoms with E-state index in [1.807, 2.05) is 6.92 Å². The highest BCUT2D eigenvalue weighted by Crippen LogP contribution is 2.17. The Kier molecular flexibility index (Phi) is 6.74. The number of nitrogens with zero attached hydrogens (tertiary/aromatic N) is 3. The number of nitrogens with two attached hydrogens (primary N) is 1. The van der Waals surface area contributed by atoms with Crippen LogP contribution < -0.4 is 11.1 Å². The van der Waals surface area contributed by atoms with Crippen molar-refractivity contribution in [1.82, 2.24) is 20.0 Å². The second-order valence-electron chi connectivity index (χ2n) is 6.37. The second kappa shape index (κ2) is 8.80. The van der Waals surface area contributed by atoms with Gasteiger partial charge in [-0.15, -0.1) is 0 Å². The third-order valence-corrected chi connectivity index (χ3v) is 4.69. The molecule has 140 valence electrons. The van der Waals surface area contributed by atoms with Crippen molar-refractivity contribution < 1.29 is 19.2 Å². The van der Waals surface area contributed by atoms with Crippen LogP contribution in [0.4, 0.5) is 0 Å². The molecule has 3 N–H and O–H groups in total. The minimum atomic E-state index is -0.629. The largest absolute Gasteiger partial charge is 0.355 e. The first kappa shape index (κ1) is 19.2. The Labute approximate surface area is 147 Å². The second-order valence-corrected chi connectivity index (χ2v) is 6.37. The molecule has 0 spiro atoms. The minimum absolute atomic E-state index is 0.0919. The van der Waals surface area contributed by atoms with Crippen LogP contribution in [-0.4, -0.2) is 90.7 Å². The quantitative estimate of drug-likeness (QED) is 0.535. The van der Waals surface area contributed by atoms with E-state index < -0.39 is 11.8 Å². The molecule has 4 amide bonds. The third-order valence-electron chi connectivity index (χ3n) is 4.69. The van der Waals surface area contributed by atoms with E-state index >= 15 is 0 Å². The lowest BCUT2D eigenvalue weighted by Gasteiger charge is -2.36. The van der Waals surface area contributed by atoms with E-state index in [1.165, 1.54) is 9.80 Å². The molecule has 2 aliphatic rings. The Morgan fingerprint density at radius 2 is 1.84 bits per heavy atom. The Morgan fingerprint density at radius 1 is 1.16 bits per heavy atom. The normalized spacial score (nSPS) is 21.5. The summed E-state index contributed by atoms with van der Waals surface area (Å²) in [4.78, 5) is 53.0. The predicted molar refractivity (Wildman–Crippen MR) is 90.2 cm³/mol. The van der Waals surface area contributed by atoms with Gasteiger partial charge in [-0.05, 0) is 19.8 Å². The van der Waals surface area contributed by atoms with Gasteiger partial charge in [0.05, 0.1) is 5.92 Å². The van der Waals surface area contributed by atoms with Crippen LogP contribution >= 0.6 is 0 Å². The Bertz CT molecular complexity index is 539. The summed E-state index contributed by atoms with van der Waals surface area (Å²) in [7, 11) is 0. The number of amides is 4. The highest BCUT2D eigenvalue weighted by Gasteiger charge is 2.34. The zero-order valence-corrected chi connectivity index (χ0v) is 14.7. The molecule has 2 fully saturated rings. The van der Waals surface area contributed by atoms with E-state index in [0.29, 0.717) is 45.8 Å². The number of piperazine rings is 1. The molecule has 9 heteroatoms. The summed E-state index contributed by atoms with van der Waals surface area (Å²) in [6.07, 6.45) is 1.47. The maximum Gasteiger partial charge on any atom is 0.312 e. The summed E-state index contributed by atoms with van der Waals surface area (Å²) in [6, 6.07) is 0. The Balaban J connectivity index is 1.89. The monoisotopic (exact) mass is 353 g/mol. The summed E-state index contributed by atoms with van der Waals surface area (Å²) in [5, 5.41) is 2.75. The van der Waals surface area contributed by atoms with E-state index in [1.54, 1.807) is 4.90 Å². The van der Waals surface area contributed by atoms with Crippen molar-refractivity contribution in [2.24, 2.45) is 11.7 Å². The van der Waals surface area contributed by atoms with Crippen LogP contribution in [0.3, 0.4) is 0 Å². The van der Waals surface area contributed by atoms with Crippen LogP contribution in [0.1, 0.15) is 19.8 Å². The average molecular weight is 353 g/mol. The molecule has 2 heterocycles. The van der Waals surface area contributed by atoms with Gasteiger partial charge < -0.3 is 25.8 Å². The van der Waals surface area contributed by atoms with Gasteiger partial charge in [0, 0.05) is 45.8 Å². The first-order valence-corrected chi connectivity index (χ1v) is 8.81. The first-order chi connectivity index (χ1) is 12.0. The molecule has 2 rings (SSSR count). The summed E-state index contributed by atoms with van der Waals surface area (Å²) in [5.74, 6) is -1.75. The van der Waals surface area contributed by atoms with Crippen molar-refractivity contribution in [3.8, 4) is 0 Å². The van der Waals surface area contributed by atoms with Crippen molar-refractivity contribution in [3.05, 3.63) is 0 Å². The van der Waals surface area contributed by atoms with E-state index in [9.17, 15) is 19.2 Å². The maximum atomic E-state index is 12.5. The molecule has 0 aliphatic carbocycles. The molecule has 1 atom stereocenters. The molecule has 1 unspecified atom stereocenters. The van der Waals surface area contributed by atoms with E-state index in [4.69, 9.17) is 5.73 Å². The zero-order valence-electron chi connectivity index (χ0n) is 14.7. The topological polar surface area (TPSA) is 116 Å². The fourth-order valence-electron chi connectivity index (χ4n) is 3.19. The van der Waals surface area contributed by atoms with Gasteiger partial charge in [-0.2, -0.15) is 0 Å². The average Bonchev–Trinajstić information content (AvgIpc) is 2.63. The molecule has 0 aromatic rings. The summed E-state index contributed by atoms with van der Waals surface area (Å²) in [5.41, 5.74) is 5.38. The number of carbonyl (C=O) groups excluding carboxylic acids is 4. The van der Waals surface area contributed by atoms with Crippen LogP contribution in [0.5, 0.6) is 0 Å². The van der Waals surface area contributed by atoms with Gasteiger partial charge >= 0.3 is 11.8 Å². The number of hydrogen-bond donors (Lipinski definition) is 2. The van der Waals surface area contributed by atoms with Gasteiger partial charge in [0.25, 0.3) is 0 Å². The standard InChI is InChI=1S/C16H27N5O4/c1-2-19-8-9-21(16(25)15(19)24)11-13(22)20-7-3-4-12(10-20)14(23)18-6-5-17/h12H,2-11,17H2,1H3,(H,18,23). The van der Waals surface area contributed by atoms with Crippen molar-refractivity contribution in [3.63, 3.8) is 0 Å². The predicted octanol–water partition coefficient (Wildman–Crippen LogP) is -2.01. The number of rotatable bonds is 6. The van der Waals surface area contributed by atoms with Crippen LogP contribution in [0.25, 0.3) is 0 Å². The lowest BCUT2D eigenvalue weighted by molar-refractivity contribution is -0.157. The molecular formula is C16H27N5O4. The SMILES string of the molecule is CCN1CCN(CC(=O)N2CCCC(C(=O)NCCN)C2)C(=O)C1=O.